The quantitative estimate of drug-likeness (QED) is 0.732. The van der Waals surface area contributed by atoms with Crippen molar-refractivity contribution in [2.45, 2.75) is 11.1 Å². The summed E-state index contributed by atoms with van der Waals surface area (Å²) >= 11 is 0. The molecule has 0 spiro atoms. The van der Waals surface area contributed by atoms with Gasteiger partial charge < -0.3 is 9.88 Å². The molecule has 0 radical (unpaired) electrons. The number of amides is 1. The molecule has 1 aliphatic rings. The minimum atomic E-state index is -3.64. The number of carbonyl (C=O) groups is 1. The SMILES string of the molecule is CNC(=O)C1CN(S(=O)(=O)c2cn(C)cn2)CCN1C. The van der Waals surface area contributed by atoms with Crippen molar-refractivity contribution in [1.82, 2.24) is 24.1 Å². The van der Waals surface area contributed by atoms with Crippen molar-refractivity contribution in [3.8, 4) is 0 Å². The number of nitrogens with one attached hydrogen (secondary N) is 1. The molecule has 20 heavy (non-hydrogen) atoms. The van der Waals surface area contributed by atoms with Gasteiger partial charge >= 0.3 is 0 Å². The zero-order chi connectivity index (χ0) is 14.9. The topological polar surface area (TPSA) is 87.5 Å². The minimum Gasteiger partial charge on any atom is -0.358 e. The fraction of sp³-hybridized carbons (Fsp3) is 0.636. The molecule has 0 aromatic carbocycles. The maximum Gasteiger partial charge on any atom is 0.262 e. The first-order chi connectivity index (χ1) is 9.36. The zero-order valence-corrected chi connectivity index (χ0v) is 12.6. The van der Waals surface area contributed by atoms with Crippen LogP contribution in [0.3, 0.4) is 0 Å². The van der Waals surface area contributed by atoms with Gasteiger partial charge in [0.15, 0.2) is 5.03 Å². The molecule has 112 valence electrons. The Morgan fingerprint density at radius 3 is 2.65 bits per heavy atom. The molecular weight excluding hydrogens is 282 g/mol. The van der Waals surface area contributed by atoms with E-state index in [1.54, 1.807) is 18.7 Å². The first-order valence-electron chi connectivity index (χ1n) is 6.26. The van der Waals surface area contributed by atoms with Crippen LogP contribution in [0.4, 0.5) is 0 Å². The third kappa shape index (κ3) is 2.69. The van der Waals surface area contributed by atoms with Gasteiger partial charge in [-0.05, 0) is 7.05 Å². The van der Waals surface area contributed by atoms with Gasteiger partial charge in [0.1, 0.15) is 6.04 Å². The number of piperazine rings is 1. The summed E-state index contributed by atoms with van der Waals surface area (Å²) in [4.78, 5) is 17.5. The fourth-order valence-corrected chi connectivity index (χ4v) is 3.57. The van der Waals surface area contributed by atoms with Crippen LogP contribution >= 0.6 is 0 Å². The van der Waals surface area contributed by atoms with Crippen molar-refractivity contribution >= 4 is 15.9 Å². The van der Waals surface area contributed by atoms with Crippen molar-refractivity contribution in [2.75, 3.05) is 33.7 Å². The Hall–Kier alpha value is -1.45. The van der Waals surface area contributed by atoms with Crippen molar-refractivity contribution in [1.29, 1.82) is 0 Å². The van der Waals surface area contributed by atoms with Gasteiger partial charge in [-0.3, -0.25) is 9.69 Å². The summed E-state index contributed by atoms with van der Waals surface area (Å²) in [5, 5.41) is 2.57. The van der Waals surface area contributed by atoms with Gasteiger partial charge in [0.05, 0.1) is 6.33 Å². The second kappa shape index (κ2) is 5.51. The molecule has 2 rings (SSSR count). The molecule has 2 heterocycles. The molecule has 1 aromatic heterocycles. The Labute approximate surface area is 118 Å². The second-order valence-corrected chi connectivity index (χ2v) is 6.74. The van der Waals surface area contributed by atoms with Crippen LogP contribution < -0.4 is 5.32 Å². The van der Waals surface area contributed by atoms with E-state index in [4.69, 9.17) is 0 Å². The summed E-state index contributed by atoms with van der Waals surface area (Å²) in [6.45, 7) is 0.988. The standard InChI is InChI=1S/C11H19N5O3S/c1-12-11(17)9-6-16(5-4-15(9)3)20(18,19)10-7-14(2)8-13-10/h7-9H,4-6H2,1-3H3,(H,12,17). The minimum absolute atomic E-state index is 0.0141. The van der Waals surface area contributed by atoms with E-state index < -0.39 is 16.1 Å². The molecule has 8 nitrogen and oxygen atoms in total. The number of hydrogen-bond acceptors (Lipinski definition) is 5. The normalized spacial score (nSPS) is 21.9. The monoisotopic (exact) mass is 301 g/mol. The molecule has 1 unspecified atom stereocenters. The van der Waals surface area contributed by atoms with Crippen molar-refractivity contribution in [3.05, 3.63) is 12.5 Å². The summed E-state index contributed by atoms with van der Waals surface area (Å²) in [6, 6.07) is -0.479. The Kier molecular flexibility index (Phi) is 4.11. The molecular formula is C11H19N5O3S. The fourth-order valence-electron chi connectivity index (χ4n) is 2.17. The van der Waals surface area contributed by atoms with E-state index in [1.807, 2.05) is 11.9 Å². The van der Waals surface area contributed by atoms with Gasteiger partial charge in [-0.1, -0.05) is 0 Å². The summed E-state index contributed by atoms with van der Waals surface area (Å²) in [5.41, 5.74) is 0. The van der Waals surface area contributed by atoms with Crippen molar-refractivity contribution < 1.29 is 13.2 Å². The predicted molar refractivity (Wildman–Crippen MR) is 72.5 cm³/mol. The highest BCUT2D eigenvalue weighted by atomic mass is 32.2. The van der Waals surface area contributed by atoms with E-state index >= 15 is 0 Å². The molecule has 9 heteroatoms. The summed E-state index contributed by atoms with van der Waals surface area (Å²) in [5.74, 6) is -0.187. The Morgan fingerprint density at radius 2 is 2.10 bits per heavy atom. The first kappa shape index (κ1) is 14.9. The molecule has 0 aliphatic carbocycles. The van der Waals surface area contributed by atoms with Gasteiger partial charge in [-0.25, -0.2) is 13.4 Å². The highest BCUT2D eigenvalue weighted by Crippen LogP contribution is 2.17. The summed E-state index contributed by atoms with van der Waals surface area (Å²) in [6.07, 6.45) is 2.90. The molecule has 1 amide bonds. The van der Waals surface area contributed by atoms with Gasteiger partial charge in [0.25, 0.3) is 10.0 Å². The highest BCUT2D eigenvalue weighted by molar-refractivity contribution is 7.89. The number of sulfonamides is 1. The number of aromatic nitrogens is 2. The van der Waals surface area contributed by atoms with Crippen LogP contribution in [0.2, 0.25) is 0 Å². The van der Waals surface area contributed by atoms with Gasteiger partial charge in [0.2, 0.25) is 5.91 Å². The second-order valence-electron chi connectivity index (χ2n) is 4.85. The maximum atomic E-state index is 12.5. The van der Waals surface area contributed by atoms with Crippen molar-refractivity contribution in [3.63, 3.8) is 0 Å². The van der Waals surface area contributed by atoms with Gasteiger partial charge in [0, 0.05) is 39.9 Å². The number of nitrogens with zero attached hydrogens (tertiary/aromatic N) is 4. The maximum absolute atomic E-state index is 12.5. The van der Waals surface area contributed by atoms with E-state index in [-0.39, 0.29) is 17.5 Å². The molecule has 0 saturated carbocycles. The average molecular weight is 301 g/mol. The smallest absolute Gasteiger partial charge is 0.262 e. The number of imidazole rings is 1. The molecule has 1 fully saturated rings. The predicted octanol–water partition coefficient (Wildman–Crippen LogP) is -1.53. The number of aryl methyl sites for hydroxylation is 1. The van der Waals surface area contributed by atoms with Crippen LogP contribution in [0.5, 0.6) is 0 Å². The van der Waals surface area contributed by atoms with Gasteiger partial charge in [-0.2, -0.15) is 4.31 Å². The molecule has 1 saturated heterocycles. The number of likely N-dealkylation sites (N-methyl/N-ethyl adjacent to an activating group) is 2. The Bertz CT molecular complexity index is 597. The summed E-state index contributed by atoms with van der Waals surface area (Å²) in [7, 11) is 1.42. The molecule has 1 N–H and O–H groups in total. The number of rotatable bonds is 3. The third-order valence-corrected chi connectivity index (χ3v) is 5.20. The van der Waals surface area contributed by atoms with Crippen LogP contribution in [-0.4, -0.2) is 72.9 Å². The number of hydrogen-bond donors (Lipinski definition) is 1. The number of carbonyl (C=O) groups excluding carboxylic acids is 1. The lowest BCUT2D eigenvalue weighted by molar-refractivity contribution is -0.126. The van der Waals surface area contributed by atoms with E-state index in [9.17, 15) is 13.2 Å². The lowest BCUT2D eigenvalue weighted by Crippen LogP contribution is -2.58. The molecule has 1 aliphatic heterocycles. The Balaban J connectivity index is 2.23. The Morgan fingerprint density at radius 1 is 1.40 bits per heavy atom. The first-order valence-corrected chi connectivity index (χ1v) is 7.70. The zero-order valence-electron chi connectivity index (χ0n) is 11.8. The van der Waals surface area contributed by atoms with Crippen molar-refractivity contribution in [2.24, 2.45) is 7.05 Å². The van der Waals surface area contributed by atoms with Crippen LogP contribution in [0, 0.1) is 0 Å². The van der Waals surface area contributed by atoms with Crippen LogP contribution in [0.1, 0.15) is 0 Å². The lowest BCUT2D eigenvalue weighted by Gasteiger charge is -2.37. The summed E-state index contributed by atoms with van der Waals surface area (Å²) < 4.78 is 27.8. The van der Waals surface area contributed by atoms with Crippen LogP contribution in [-0.2, 0) is 21.9 Å². The van der Waals surface area contributed by atoms with E-state index in [2.05, 4.69) is 10.3 Å². The van der Waals surface area contributed by atoms with Crippen LogP contribution in [0.15, 0.2) is 17.6 Å². The van der Waals surface area contributed by atoms with Gasteiger partial charge in [-0.15, -0.1) is 0 Å². The van der Waals surface area contributed by atoms with Crippen LogP contribution in [0.25, 0.3) is 0 Å². The van der Waals surface area contributed by atoms with E-state index in [0.29, 0.717) is 13.1 Å². The third-order valence-electron chi connectivity index (χ3n) is 3.45. The molecule has 1 aromatic rings. The van der Waals surface area contributed by atoms with E-state index in [1.165, 1.54) is 16.8 Å². The van der Waals surface area contributed by atoms with E-state index in [0.717, 1.165) is 0 Å². The molecule has 1 atom stereocenters. The lowest BCUT2D eigenvalue weighted by atomic mass is 10.2. The largest absolute Gasteiger partial charge is 0.358 e. The molecule has 0 bridgehead atoms. The highest BCUT2D eigenvalue weighted by Gasteiger charge is 2.36. The average Bonchev–Trinajstić information content (AvgIpc) is 2.85.